The summed E-state index contributed by atoms with van der Waals surface area (Å²) in [6.45, 7) is 6.18. The maximum absolute atomic E-state index is 12.1. The van der Waals surface area contributed by atoms with Crippen molar-refractivity contribution < 1.29 is 14.8 Å². The lowest BCUT2D eigenvalue weighted by atomic mass is 9.95. The smallest absolute Gasteiger partial charge is 0.261 e. The number of aromatic hydroxyl groups is 2. The third-order valence-electron chi connectivity index (χ3n) is 7.36. The van der Waals surface area contributed by atoms with Gasteiger partial charge in [-0.3, -0.25) is 0 Å². The molecule has 5 aromatic carbocycles. The summed E-state index contributed by atoms with van der Waals surface area (Å²) >= 11 is 0. The van der Waals surface area contributed by atoms with Gasteiger partial charge in [0.2, 0.25) is 5.69 Å². The van der Waals surface area contributed by atoms with E-state index in [1.54, 1.807) is 6.07 Å². The molecule has 3 nitrogen and oxygen atoms in total. The van der Waals surface area contributed by atoms with Crippen molar-refractivity contribution in [3.63, 3.8) is 0 Å². The number of hydrogen-bond donors (Lipinski definition) is 2. The van der Waals surface area contributed by atoms with E-state index >= 15 is 0 Å². The van der Waals surface area contributed by atoms with Gasteiger partial charge in [-0.25, -0.2) is 0 Å². The van der Waals surface area contributed by atoms with E-state index in [1.807, 2.05) is 77.4 Å². The molecular formula is C36H30NO2+. The van der Waals surface area contributed by atoms with E-state index in [-0.39, 0.29) is 11.5 Å². The predicted octanol–water partition coefficient (Wildman–Crippen LogP) is 8.45. The molecule has 0 aliphatic rings. The van der Waals surface area contributed by atoms with E-state index in [2.05, 4.69) is 57.2 Å². The molecule has 0 aliphatic carbocycles. The van der Waals surface area contributed by atoms with Crippen LogP contribution in [0.25, 0.3) is 50.1 Å². The molecule has 0 saturated carbocycles. The molecule has 1 aromatic heterocycles. The van der Waals surface area contributed by atoms with Crippen LogP contribution in [0.1, 0.15) is 16.7 Å². The number of pyridine rings is 1. The monoisotopic (exact) mass is 508 g/mol. The van der Waals surface area contributed by atoms with Crippen LogP contribution in [-0.4, -0.2) is 10.2 Å². The molecule has 190 valence electrons. The maximum atomic E-state index is 12.1. The van der Waals surface area contributed by atoms with Crippen molar-refractivity contribution in [2.24, 2.45) is 0 Å². The first-order valence-corrected chi connectivity index (χ1v) is 13.1. The van der Waals surface area contributed by atoms with Crippen LogP contribution in [0.4, 0.5) is 0 Å². The molecule has 39 heavy (non-hydrogen) atoms. The molecule has 0 unspecified atom stereocenters. The van der Waals surface area contributed by atoms with Gasteiger partial charge in [-0.15, -0.1) is 4.57 Å². The molecule has 0 radical (unpaired) electrons. The standard InChI is InChI=1S/C36H29NO2/c1-23-8-14-27(15-9-23)31-22-32(28-16-10-24(2)11-17-28)37(34(36(31)39)29-18-12-25(3)13-19-29)35-30-7-5-4-6-26(30)20-21-33(35)38/h4-22H,1-3H3,(H-,38,39)/p+1. The van der Waals surface area contributed by atoms with Crippen LogP contribution < -0.4 is 4.57 Å². The molecule has 0 aliphatic heterocycles. The number of benzene rings is 5. The van der Waals surface area contributed by atoms with Crippen LogP contribution in [0.3, 0.4) is 0 Å². The Balaban J connectivity index is 1.81. The third-order valence-corrected chi connectivity index (χ3v) is 7.36. The van der Waals surface area contributed by atoms with Gasteiger partial charge in [0, 0.05) is 17.2 Å². The number of fused-ring (bicyclic) bond motifs is 1. The summed E-state index contributed by atoms with van der Waals surface area (Å²) in [4.78, 5) is 0. The fourth-order valence-corrected chi connectivity index (χ4v) is 5.20. The minimum Gasteiger partial charge on any atom is -0.502 e. The Morgan fingerprint density at radius 1 is 0.538 bits per heavy atom. The van der Waals surface area contributed by atoms with E-state index in [0.29, 0.717) is 11.4 Å². The molecule has 0 amide bonds. The number of rotatable bonds is 4. The summed E-state index contributed by atoms with van der Waals surface area (Å²) in [5.41, 5.74) is 9.06. The largest absolute Gasteiger partial charge is 0.502 e. The Kier molecular flexibility index (Phi) is 6.12. The van der Waals surface area contributed by atoms with E-state index in [4.69, 9.17) is 0 Å². The van der Waals surface area contributed by atoms with Gasteiger partial charge in [0.1, 0.15) is 0 Å². The van der Waals surface area contributed by atoms with Crippen LogP contribution in [0.5, 0.6) is 11.5 Å². The highest BCUT2D eigenvalue weighted by molar-refractivity contribution is 5.92. The Bertz CT molecular complexity index is 1820. The second kappa shape index (κ2) is 9.77. The highest BCUT2D eigenvalue weighted by atomic mass is 16.3. The average Bonchev–Trinajstić information content (AvgIpc) is 2.95. The zero-order chi connectivity index (χ0) is 27.1. The molecule has 0 atom stereocenters. The molecule has 0 bridgehead atoms. The summed E-state index contributed by atoms with van der Waals surface area (Å²) in [5.74, 6) is 0.300. The third kappa shape index (κ3) is 4.42. The number of aromatic nitrogens is 1. The number of phenols is 1. The minimum atomic E-state index is 0.142. The van der Waals surface area contributed by atoms with Crippen molar-refractivity contribution >= 4 is 10.8 Å². The fourth-order valence-electron chi connectivity index (χ4n) is 5.20. The van der Waals surface area contributed by atoms with Gasteiger partial charge < -0.3 is 10.2 Å². The van der Waals surface area contributed by atoms with Gasteiger partial charge >= 0.3 is 0 Å². The highest BCUT2D eigenvalue weighted by Crippen LogP contribution is 2.41. The Morgan fingerprint density at radius 2 is 1.08 bits per heavy atom. The first-order chi connectivity index (χ1) is 18.9. The lowest BCUT2D eigenvalue weighted by Crippen LogP contribution is -2.37. The second-order valence-electron chi connectivity index (χ2n) is 10.2. The highest BCUT2D eigenvalue weighted by Gasteiger charge is 2.33. The van der Waals surface area contributed by atoms with Crippen molar-refractivity contribution in [3.05, 3.63) is 132 Å². The van der Waals surface area contributed by atoms with Gasteiger partial charge in [0.15, 0.2) is 11.5 Å². The summed E-state index contributed by atoms with van der Waals surface area (Å²) < 4.78 is 2.01. The number of nitrogens with zero attached hydrogens (tertiary/aromatic N) is 1. The van der Waals surface area contributed by atoms with Crippen molar-refractivity contribution in [2.75, 3.05) is 0 Å². The van der Waals surface area contributed by atoms with Crippen LogP contribution in [0.15, 0.2) is 115 Å². The summed E-state index contributed by atoms with van der Waals surface area (Å²) in [6.07, 6.45) is 0. The van der Waals surface area contributed by atoms with E-state index < -0.39 is 0 Å². The maximum Gasteiger partial charge on any atom is 0.261 e. The molecule has 0 fully saturated rings. The van der Waals surface area contributed by atoms with Crippen molar-refractivity contribution in [1.29, 1.82) is 0 Å². The topological polar surface area (TPSA) is 44.3 Å². The molecule has 6 aromatic rings. The summed E-state index contributed by atoms with van der Waals surface area (Å²) in [6, 6.07) is 38.4. The van der Waals surface area contributed by atoms with Crippen LogP contribution in [0, 0.1) is 20.8 Å². The predicted molar refractivity (Wildman–Crippen MR) is 159 cm³/mol. The van der Waals surface area contributed by atoms with E-state index in [0.717, 1.165) is 55.4 Å². The molecule has 1 heterocycles. The Morgan fingerprint density at radius 3 is 1.69 bits per heavy atom. The number of aryl methyl sites for hydroxylation is 3. The molecule has 0 spiro atoms. The lowest BCUT2D eigenvalue weighted by Gasteiger charge is -2.16. The SMILES string of the molecule is Cc1ccc(-c2cc(-c3ccc(C)cc3)[n+](-c3c(O)ccc4ccccc34)c(-c3ccc(C)cc3)c2O)cc1. The summed E-state index contributed by atoms with van der Waals surface area (Å²) in [7, 11) is 0. The quantitative estimate of drug-likeness (QED) is 0.235. The van der Waals surface area contributed by atoms with Gasteiger partial charge in [-0.1, -0.05) is 89.5 Å². The average molecular weight is 509 g/mol. The number of hydrogen-bond acceptors (Lipinski definition) is 2. The molecule has 0 saturated heterocycles. The second-order valence-corrected chi connectivity index (χ2v) is 10.2. The van der Waals surface area contributed by atoms with E-state index in [1.165, 1.54) is 0 Å². The van der Waals surface area contributed by atoms with E-state index in [9.17, 15) is 10.2 Å². The first kappa shape index (κ1) is 24.4. The first-order valence-electron chi connectivity index (χ1n) is 13.1. The fraction of sp³-hybridized carbons (Fsp3) is 0.0833. The molecular weight excluding hydrogens is 478 g/mol. The zero-order valence-corrected chi connectivity index (χ0v) is 22.3. The molecule has 3 heteroatoms. The van der Waals surface area contributed by atoms with Gasteiger partial charge in [0.05, 0.1) is 10.9 Å². The van der Waals surface area contributed by atoms with Crippen molar-refractivity contribution in [2.45, 2.75) is 20.8 Å². The van der Waals surface area contributed by atoms with Crippen molar-refractivity contribution in [1.82, 2.24) is 0 Å². The summed E-state index contributed by atoms with van der Waals surface area (Å²) in [5, 5.41) is 25.3. The van der Waals surface area contributed by atoms with Crippen LogP contribution in [-0.2, 0) is 0 Å². The Hall–Kier alpha value is -4.89. The van der Waals surface area contributed by atoms with Gasteiger partial charge in [0.25, 0.3) is 11.4 Å². The lowest BCUT2D eigenvalue weighted by molar-refractivity contribution is -0.571. The van der Waals surface area contributed by atoms with Gasteiger partial charge in [-0.2, -0.15) is 0 Å². The Labute approximate surface area is 228 Å². The van der Waals surface area contributed by atoms with Crippen molar-refractivity contribution in [3.8, 4) is 50.8 Å². The number of phenolic OH excluding ortho intramolecular Hbond substituents is 1. The molecule has 2 N–H and O–H groups in total. The normalized spacial score (nSPS) is 11.2. The minimum absolute atomic E-state index is 0.142. The van der Waals surface area contributed by atoms with Gasteiger partial charge in [-0.05, 0) is 68.1 Å². The molecule has 6 rings (SSSR count). The van der Waals surface area contributed by atoms with Crippen LogP contribution in [0.2, 0.25) is 0 Å². The zero-order valence-electron chi connectivity index (χ0n) is 22.3. The van der Waals surface area contributed by atoms with Crippen LogP contribution >= 0.6 is 0 Å².